The molecule has 0 bridgehead atoms. The Kier molecular flexibility index (Phi) is 4.02. The lowest BCUT2D eigenvalue weighted by Gasteiger charge is -2.19. The Morgan fingerprint density at radius 2 is 1.82 bits per heavy atom. The van der Waals surface area contributed by atoms with Gasteiger partial charge in [-0.25, -0.2) is 4.79 Å². The summed E-state index contributed by atoms with van der Waals surface area (Å²) in [6.45, 7) is 5.30. The first-order valence-electron chi connectivity index (χ1n) is 5.40. The molecule has 0 saturated heterocycles. The summed E-state index contributed by atoms with van der Waals surface area (Å²) in [4.78, 5) is 23.2. The standard InChI is InChI=1S/C13H17NO3/c1-13(2,3)17-12(16)10-6-4-5-9(7-10)11(15)8-14/h4-7H,8,14H2,1-3H3. The van der Waals surface area contributed by atoms with Crippen molar-refractivity contribution in [2.45, 2.75) is 26.4 Å². The predicted molar refractivity (Wildman–Crippen MR) is 65.0 cm³/mol. The largest absolute Gasteiger partial charge is 0.456 e. The molecule has 0 aliphatic heterocycles. The van der Waals surface area contributed by atoms with Gasteiger partial charge in [0.05, 0.1) is 12.1 Å². The minimum absolute atomic E-state index is 0.0717. The van der Waals surface area contributed by atoms with Crippen LogP contribution in [0.2, 0.25) is 0 Å². The highest BCUT2D eigenvalue weighted by Gasteiger charge is 2.18. The molecule has 0 aliphatic rings. The molecule has 4 nitrogen and oxygen atoms in total. The Morgan fingerprint density at radius 1 is 1.24 bits per heavy atom. The van der Waals surface area contributed by atoms with Crippen molar-refractivity contribution >= 4 is 11.8 Å². The van der Waals surface area contributed by atoms with Gasteiger partial charge in [0.25, 0.3) is 0 Å². The molecule has 4 heteroatoms. The molecule has 0 aromatic heterocycles. The summed E-state index contributed by atoms with van der Waals surface area (Å²) >= 11 is 0. The third kappa shape index (κ3) is 4.00. The maximum atomic E-state index is 11.8. The van der Waals surface area contributed by atoms with Crippen molar-refractivity contribution in [2.75, 3.05) is 6.54 Å². The zero-order chi connectivity index (χ0) is 13.1. The van der Waals surface area contributed by atoms with Gasteiger partial charge in [0.1, 0.15) is 5.60 Å². The average Bonchev–Trinajstić information content (AvgIpc) is 2.26. The summed E-state index contributed by atoms with van der Waals surface area (Å²) in [6, 6.07) is 6.38. The molecule has 1 aromatic rings. The van der Waals surface area contributed by atoms with Crippen molar-refractivity contribution < 1.29 is 14.3 Å². The second-order valence-corrected chi connectivity index (χ2v) is 4.71. The van der Waals surface area contributed by atoms with E-state index in [9.17, 15) is 9.59 Å². The van der Waals surface area contributed by atoms with E-state index in [1.54, 1.807) is 39.0 Å². The van der Waals surface area contributed by atoms with E-state index in [1.807, 2.05) is 0 Å². The van der Waals surface area contributed by atoms with E-state index in [-0.39, 0.29) is 12.3 Å². The van der Waals surface area contributed by atoms with Crippen molar-refractivity contribution in [1.82, 2.24) is 0 Å². The molecule has 0 amide bonds. The van der Waals surface area contributed by atoms with Gasteiger partial charge in [0, 0.05) is 5.56 Å². The minimum atomic E-state index is -0.551. The summed E-state index contributed by atoms with van der Waals surface area (Å²) in [5, 5.41) is 0. The number of hydrogen-bond acceptors (Lipinski definition) is 4. The third-order valence-corrected chi connectivity index (χ3v) is 2.00. The summed E-state index contributed by atoms with van der Waals surface area (Å²) in [7, 11) is 0. The molecule has 0 unspecified atom stereocenters. The third-order valence-electron chi connectivity index (χ3n) is 2.00. The second kappa shape index (κ2) is 5.10. The minimum Gasteiger partial charge on any atom is -0.456 e. The molecule has 1 rings (SSSR count). The van der Waals surface area contributed by atoms with Gasteiger partial charge in [-0.3, -0.25) is 4.79 Å². The van der Waals surface area contributed by atoms with Gasteiger partial charge in [0.15, 0.2) is 5.78 Å². The smallest absolute Gasteiger partial charge is 0.338 e. The van der Waals surface area contributed by atoms with E-state index < -0.39 is 11.6 Å². The SMILES string of the molecule is CC(C)(C)OC(=O)c1cccc(C(=O)CN)c1. The summed E-state index contributed by atoms with van der Waals surface area (Å²) in [6.07, 6.45) is 0. The monoisotopic (exact) mass is 235 g/mol. The molecule has 0 radical (unpaired) electrons. The quantitative estimate of drug-likeness (QED) is 0.640. The van der Waals surface area contributed by atoms with Crippen molar-refractivity contribution in [3.8, 4) is 0 Å². The molecule has 0 fully saturated rings. The van der Waals surface area contributed by atoms with Gasteiger partial charge in [0.2, 0.25) is 0 Å². The molecule has 0 spiro atoms. The number of esters is 1. The van der Waals surface area contributed by atoms with Crippen LogP contribution in [0.4, 0.5) is 0 Å². The van der Waals surface area contributed by atoms with Crippen LogP contribution in [-0.2, 0) is 4.74 Å². The number of hydrogen-bond donors (Lipinski definition) is 1. The lowest BCUT2D eigenvalue weighted by molar-refractivity contribution is 0.00695. The fourth-order valence-electron chi connectivity index (χ4n) is 1.27. The van der Waals surface area contributed by atoms with Crippen LogP contribution in [0, 0.1) is 0 Å². The van der Waals surface area contributed by atoms with Crippen LogP contribution in [0.15, 0.2) is 24.3 Å². The highest BCUT2D eigenvalue weighted by molar-refractivity contribution is 6.00. The molecule has 0 heterocycles. The van der Waals surface area contributed by atoms with Gasteiger partial charge < -0.3 is 10.5 Å². The van der Waals surface area contributed by atoms with Crippen LogP contribution in [-0.4, -0.2) is 23.9 Å². The van der Waals surface area contributed by atoms with Gasteiger partial charge in [-0.1, -0.05) is 12.1 Å². The Bertz CT molecular complexity index is 433. The van der Waals surface area contributed by atoms with E-state index in [0.717, 1.165) is 0 Å². The highest BCUT2D eigenvalue weighted by Crippen LogP contribution is 2.13. The molecule has 17 heavy (non-hydrogen) atoms. The predicted octanol–water partition coefficient (Wildman–Crippen LogP) is 1.78. The molecule has 0 saturated carbocycles. The number of rotatable bonds is 3. The van der Waals surface area contributed by atoms with Gasteiger partial charge >= 0.3 is 5.97 Å². The topological polar surface area (TPSA) is 69.4 Å². The highest BCUT2D eigenvalue weighted by atomic mass is 16.6. The summed E-state index contributed by atoms with van der Waals surface area (Å²) in [5.41, 5.74) is 5.50. The number of carbonyl (C=O) groups is 2. The zero-order valence-corrected chi connectivity index (χ0v) is 10.3. The van der Waals surface area contributed by atoms with Crippen LogP contribution in [0.25, 0.3) is 0 Å². The number of ketones is 1. The fraction of sp³-hybridized carbons (Fsp3) is 0.385. The molecule has 0 aliphatic carbocycles. The Balaban J connectivity index is 2.92. The average molecular weight is 235 g/mol. The Morgan fingerprint density at radius 3 is 2.35 bits per heavy atom. The van der Waals surface area contributed by atoms with Crippen molar-refractivity contribution in [3.05, 3.63) is 35.4 Å². The first-order chi connectivity index (χ1) is 7.83. The maximum absolute atomic E-state index is 11.8. The van der Waals surface area contributed by atoms with E-state index in [0.29, 0.717) is 11.1 Å². The normalized spacial score (nSPS) is 11.1. The first kappa shape index (κ1) is 13.4. The summed E-state index contributed by atoms with van der Waals surface area (Å²) in [5.74, 6) is -0.639. The van der Waals surface area contributed by atoms with Crippen molar-refractivity contribution in [2.24, 2.45) is 5.73 Å². The molecule has 1 aromatic carbocycles. The number of ether oxygens (including phenoxy) is 1. The number of Topliss-reactive ketones (excluding diaryl/α,β-unsaturated/α-hetero) is 1. The van der Waals surface area contributed by atoms with Crippen LogP contribution in [0.5, 0.6) is 0 Å². The van der Waals surface area contributed by atoms with Gasteiger partial charge in [-0.05, 0) is 32.9 Å². The van der Waals surface area contributed by atoms with Crippen LogP contribution in [0.3, 0.4) is 0 Å². The van der Waals surface area contributed by atoms with E-state index in [2.05, 4.69) is 0 Å². The number of benzene rings is 1. The zero-order valence-electron chi connectivity index (χ0n) is 10.3. The molecule has 2 N–H and O–H groups in total. The van der Waals surface area contributed by atoms with Crippen LogP contribution in [0.1, 0.15) is 41.5 Å². The van der Waals surface area contributed by atoms with Crippen LogP contribution < -0.4 is 5.73 Å². The summed E-state index contributed by atoms with van der Waals surface area (Å²) < 4.78 is 5.21. The lowest BCUT2D eigenvalue weighted by Crippen LogP contribution is -2.24. The lowest BCUT2D eigenvalue weighted by atomic mass is 10.1. The van der Waals surface area contributed by atoms with Crippen molar-refractivity contribution in [3.63, 3.8) is 0 Å². The van der Waals surface area contributed by atoms with Gasteiger partial charge in [-0.2, -0.15) is 0 Å². The van der Waals surface area contributed by atoms with E-state index >= 15 is 0 Å². The van der Waals surface area contributed by atoms with Crippen LogP contribution >= 0.6 is 0 Å². The molecule has 0 atom stereocenters. The Labute approximate surface area is 101 Å². The van der Waals surface area contributed by atoms with Crippen molar-refractivity contribution in [1.29, 1.82) is 0 Å². The van der Waals surface area contributed by atoms with Gasteiger partial charge in [-0.15, -0.1) is 0 Å². The first-order valence-corrected chi connectivity index (χ1v) is 5.40. The molecular formula is C13H17NO3. The number of nitrogens with two attached hydrogens (primary N) is 1. The molecule has 92 valence electrons. The molecular weight excluding hydrogens is 218 g/mol. The fourth-order valence-corrected chi connectivity index (χ4v) is 1.27. The maximum Gasteiger partial charge on any atom is 0.338 e. The second-order valence-electron chi connectivity index (χ2n) is 4.71. The van der Waals surface area contributed by atoms with E-state index in [4.69, 9.17) is 10.5 Å². The Hall–Kier alpha value is -1.68. The van der Waals surface area contributed by atoms with E-state index in [1.165, 1.54) is 6.07 Å². The number of carbonyl (C=O) groups excluding carboxylic acids is 2.